The molecule has 0 atom stereocenters. The number of nitrogens with one attached hydrogen (secondary N) is 2. The first kappa shape index (κ1) is 13.1. The van der Waals surface area contributed by atoms with Gasteiger partial charge in [-0.05, 0) is 18.6 Å². The molecule has 3 rings (SSSR count). The van der Waals surface area contributed by atoms with Crippen molar-refractivity contribution < 1.29 is 9.59 Å². The van der Waals surface area contributed by atoms with Gasteiger partial charge in [-0.25, -0.2) is 4.68 Å². The van der Waals surface area contributed by atoms with Crippen molar-refractivity contribution in [1.29, 1.82) is 0 Å². The number of thioether (sulfide) groups is 1. The molecule has 0 aliphatic carbocycles. The molecular formula is C11H11N5O2S2. The molecule has 1 aliphatic heterocycles. The van der Waals surface area contributed by atoms with Crippen molar-refractivity contribution in [1.82, 2.24) is 14.9 Å². The molecule has 7 nitrogen and oxygen atoms in total. The number of hydrogen-bond donors (Lipinski definition) is 2. The Bertz CT molecular complexity index is 706. The van der Waals surface area contributed by atoms with Gasteiger partial charge in [-0.3, -0.25) is 15.0 Å². The van der Waals surface area contributed by atoms with Crippen molar-refractivity contribution in [3.63, 3.8) is 0 Å². The summed E-state index contributed by atoms with van der Waals surface area (Å²) in [5, 5.41) is 12.3. The van der Waals surface area contributed by atoms with Gasteiger partial charge >= 0.3 is 0 Å². The number of thiophene rings is 1. The van der Waals surface area contributed by atoms with Gasteiger partial charge in [0.15, 0.2) is 5.82 Å². The zero-order valence-corrected chi connectivity index (χ0v) is 12.4. The van der Waals surface area contributed by atoms with Gasteiger partial charge in [0.05, 0.1) is 15.6 Å². The highest BCUT2D eigenvalue weighted by atomic mass is 32.2. The van der Waals surface area contributed by atoms with Gasteiger partial charge in [0.2, 0.25) is 17.0 Å². The van der Waals surface area contributed by atoms with Crippen LogP contribution in [0.4, 0.5) is 5.00 Å². The molecule has 3 heterocycles. The minimum atomic E-state index is -0.120. The fourth-order valence-electron chi connectivity index (χ4n) is 1.84. The Kier molecular flexibility index (Phi) is 3.22. The molecule has 0 radical (unpaired) electrons. The number of fused-ring (bicyclic) bond motifs is 1. The van der Waals surface area contributed by atoms with E-state index >= 15 is 0 Å². The Balaban J connectivity index is 2.01. The van der Waals surface area contributed by atoms with Gasteiger partial charge in [0, 0.05) is 6.92 Å². The lowest BCUT2D eigenvalue weighted by molar-refractivity contribution is -0.115. The summed E-state index contributed by atoms with van der Waals surface area (Å²) in [5.41, 5.74) is 3.71. The minimum absolute atomic E-state index is 0.0835. The van der Waals surface area contributed by atoms with Crippen LogP contribution >= 0.6 is 23.1 Å². The summed E-state index contributed by atoms with van der Waals surface area (Å²) in [6.45, 7) is 3.39. The van der Waals surface area contributed by atoms with Crippen LogP contribution in [0.25, 0.3) is 10.7 Å². The smallest absolute Gasteiger partial charge is 0.249 e. The summed E-state index contributed by atoms with van der Waals surface area (Å²) in [6.07, 6.45) is 0. The van der Waals surface area contributed by atoms with E-state index in [0.29, 0.717) is 16.7 Å². The maximum atomic E-state index is 11.5. The lowest BCUT2D eigenvalue weighted by Gasteiger charge is -2.14. The Morgan fingerprint density at radius 1 is 1.50 bits per heavy atom. The predicted molar refractivity (Wildman–Crippen MR) is 77.5 cm³/mol. The highest BCUT2D eigenvalue weighted by Gasteiger charge is 2.23. The van der Waals surface area contributed by atoms with Crippen LogP contribution in [0.15, 0.2) is 11.2 Å². The second-order valence-electron chi connectivity index (χ2n) is 4.27. The summed E-state index contributed by atoms with van der Waals surface area (Å²) >= 11 is 2.75. The number of nitrogens with zero attached hydrogens (tertiary/aromatic N) is 3. The van der Waals surface area contributed by atoms with E-state index in [1.807, 2.05) is 13.0 Å². The Hall–Kier alpha value is -1.87. The van der Waals surface area contributed by atoms with E-state index < -0.39 is 0 Å². The van der Waals surface area contributed by atoms with Crippen molar-refractivity contribution >= 4 is 39.9 Å². The molecule has 2 amide bonds. The van der Waals surface area contributed by atoms with Crippen LogP contribution in [0.2, 0.25) is 0 Å². The normalized spacial score (nSPS) is 13.8. The fraction of sp³-hybridized carbons (Fsp3) is 0.273. The monoisotopic (exact) mass is 309 g/mol. The molecule has 20 heavy (non-hydrogen) atoms. The number of rotatable bonds is 2. The second-order valence-corrected chi connectivity index (χ2v) is 6.26. The number of hydrogen-bond acceptors (Lipinski definition) is 6. The largest absolute Gasteiger partial charge is 0.318 e. The number of amides is 2. The average molecular weight is 309 g/mol. The Labute approximate surface area is 122 Å². The molecule has 0 unspecified atom stereocenters. The summed E-state index contributed by atoms with van der Waals surface area (Å²) < 4.78 is 1.59. The first-order valence-electron chi connectivity index (χ1n) is 5.81. The molecule has 0 bridgehead atoms. The van der Waals surface area contributed by atoms with E-state index in [2.05, 4.69) is 20.9 Å². The molecule has 2 aromatic rings. The quantitative estimate of drug-likeness (QED) is 0.876. The van der Waals surface area contributed by atoms with E-state index in [4.69, 9.17) is 0 Å². The van der Waals surface area contributed by atoms with E-state index in [-0.39, 0.29) is 11.8 Å². The molecule has 0 spiro atoms. The number of anilines is 1. The first-order valence-corrected chi connectivity index (χ1v) is 7.61. The van der Waals surface area contributed by atoms with Crippen molar-refractivity contribution in [2.24, 2.45) is 0 Å². The van der Waals surface area contributed by atoms with Gasteiger partial charge in [0.25, 0.3) is 0 Å². The van der Waals surface area contributed by atoms with Crippen molar-refractivity contribution in [3.8, 4) is 10.7 Å². The molecule has 9 heteroatoms. The molecule has 1 aliphatic rings. The standard InChI is InChI=1S/C11H11N5O2S2/c1-5-3-8(12-6(2)17)20-9(5)10-13-14-11-16(10)15-7(18)4-19-11/h3H,4H2,1-2H3,(H,12,17)(H,15,18). The van der Waals surface area contributed by atoms with Gasteiger partial charge in [0.1, 0.15) is 0 Å². The second kappa shape index (κ2) is 4.91. The van der Waals surface area contributed by atoms with Crippen molar-refractivity contribution in [2.75, 3.05) is 16.5 Å². The molecule has 0 fully saturated rings. The topological polar surface area (TPSA) is 88.9 Å². The third-order valence-electron chi connectivity index (χ3n) is 2.62. The van der Waals surface area contributed by atoms with Crippen molar-refractivity contribution in [3.05, 3.63) is 11.6 Å². The maximum Gasteiger partial charge on any atom is 0.249 e. The van der Waals surface area contributed by atoms with Gasteiger partial charge < -0.3 is 5.32 Å². The van der Waals surface area contributed by atoms with Crippen LogP contribution in [0.3, 0.4) is 0 Å². The Morgan fingerprint density at radius 3 is 3.05 bits per heavy atom. The molecule has 0 saturated carbocycles. The van der Waals surface area contributed by atoms with E-state index in [0.717, 1.165) is 15.4 Å². The summed E-state index contributed by atoms with van der Waals surface area (Å²) in [5.74, 6) is 0.725. The first-order chi connectivity index (χ1) is 9.54. The number of carbonyl (C=O) groups is 2. The molecular weight excluding hydrogens is 298 g/mol. The fourth-order valence-corrected chi connectivity index (χ4v) is 3.62. The zero-order valence-electron chi connectivity index (χ0n) is 10.8. The van der Waals surface area contributed by atoms with E-state index in [9.17, 15) is 9.59 Å². The molecule has 0 saturated heterocycles. The van der Waals surface area contributed by atoms with Crippen LogP contribution in [-0.4, -0.2) is 32.4 Å². The number of aryl methyl sites for hydroxylation is 1. The minimum Gasteiger partial charge on any atom is -0.318 e. The van der Waals surface area contributed by atoms with Gasteiger partial charge in [-0.2, -0.15) is 0 Å². The maximum absolute atomic E-state index is 11.5. The van der Waals surface area contributed by atoms with Crippen LogP contribution < -0.4 is 10.7 Å². The number of aromatic nitrogens is 3. The number of carbonyl (C=O) groups excluding carboxylic acids is 2. The molecule has 2 aromatic heterocycles. The SMILES string of the molecule is CC(=O)Nc1cc(C)c(-c2nnc3n2NC(=O)CS3)s1. The van der Waals surface area contributed by atoms with E-state index in [1.54, 1.807) is 4.68 Å². The predicted octanol–water partition coefficient (Wildman–Crippen LogP) is 1.45. The molecule has 0 aromatic carbocycles. The van der Waals surface area contributed by atoms with Crippen molar-refractivity contribution in [2.45, 2.75) is 19.0 Å². The summed E-state index contributed by atoms with van der Waals surface area (Å²) in [4.78, 5) is 23.4. The van der Waals surface area contributed by atoms with Gasteiger partial charge in [-0.1, -0.05) is 11.8 Å². The van der Waals surface area contributed by atoms with Gasteiger partial charge in [-0.15, -0.1) is 21.5 Å². The molecule has 2 N–H and O–H groups in total. The van der Waals surface area contributed by atoms with Crippen LogP contribution in [0.5, 0.6) is 0 Å². The highest BCUT2D eigenvalue weighted by molar-refractivity contribution is 7.99. The van der Waals surface area contributed by atoms with Crippen LogP contribution in [0, 0.1) is 6.92 Å². The van der Waals surface area contributed by atoms with E-state index in [1.165, 1.54) is 30.0 Å². The summed E-state index contributed by atoms with van der Waals surface area (Å²) in [6, 6.07) is 1.88. The van der Waals surface area contributed by atoms with Crippen LogP contribution in [0.1, 0.15) is 12.5 Å². The summed E-state index contributed by atoms with van der Waals surface area (Å²) in [7, 11) is 0. The highest BCUT2D eigenvalue weighted by Crippen LogP contribution is 2.36. The zero-order chi connectivity index (χ0) is 14.3. The lowest BCUT2D eigenvalue weighted by Crippen LogP contribution is -2.29. The third-order valence-corrected chi connectivity index (χ3v) is 4.70. The third kappa shape index (κ3) is 2.29. The molecule has 104 valence electrons. The Morgan fingerprint density at radius 2 is 2.30 bits per heavy atom. The average Bonchev–Trinajstić information content (AvgIpc) is 2.91. The lowest BCUT2D eigenvalue weighted by atomic mass is 10.3. The van der Waals surface area contributed by atoms with Crippen LogP contribution in [-0.2, 0) is 9.59 Å².